The van der Waals surface area contributed by atoms with Gasteiger partial charge in [-0.25, -0.2) is 19.4 Å². The maximum absolute atomic E-state index is 14.2. The van der Waals surface area contributed by atoms with E-state index in [2.05, 4.69) is 23.0 Å². The topological polar surface area (TPSA) is 99.4 Å². The predicted molar refractivity (Wildman–Crippen MR) is 161 cm³/mol. The third kappa shape index (κ3) is 5.79. The zero-order valence-corrected chi connectivity index (χ0v) is 24.2. The Kier molecular flexibility index (Phi) is 8.28. The van der Waals surface area contributed by atoms with Crippen LogP contribution in [0.15, 0.2) is 61.2 Å². The van der Waals surface area contributed by atoms with E-state index in [4.69, 9.17) is 14.6 Å². The summed E-state index contributed by atoms with van der Waals surface area (Å²) < 4.78 is 12.7. The SMILES string of the molecule is CCOC(=O)c1cn(-c2ccc(-c3ccc4ncncc4c3)cc2)nc1N(C(=O)C1CCC(C)CC1)C1CCOCC1. The molecule has 1 amide bonds. The van der Waals surface area contributed by atoms with Crippen LogP contribution in [-0.4, -0.2) is 57.5 Å². The summed E-state index contributed by atoms with van der Waals surface area (Å²) in [5, 5.41) is 5.87. The van der Waals surface area contributed by atoms with E-state index in [1.54, 1.807) is 29.0 Å². The largest absolute Gasteiger partial charge is 0.462 e. The molecule has 2 fully saturated rings. The number of benzene rings is 2. The van der Waals surface area contributed by atoms with Gasteiger partial charge >= 0.3 is 5.97 Å². The summed E-state index contributed by atoms with van der Waals surface area (Å²) in [6, 6.07) is 14.0. The van der Waals surface area contributed by atoms with E-state index < -0.39 is 5.97 Å². The van der Waals surface area contributed by atoms with Gasteiger partial charge in [-0.3, -0.25) is 9.69 Å². The Morgan fingerprint density at radius 2 is 1.74 bits per heavy atom. The fourth-order valence-corrected chi connectivity index (χ4v) is 6.10. The molecule has 0 N–H and O–H groups in total. The van der Waals surface area contributed by atoms with Crippen molar-refractivity contribution in [2.75, 3.05) is 24.7 Å². The molecular formula is C33H37N5O4. The lowest BCUT2D eigenvalue weighted by Gasteiger charge is -2.37. The number of nitrogens with zero attached hydrogens (tertiary/aromatic N) is 5. The van der Waals surface area contributed by atoms with Crippen molar-refractivity contribution in [3.8, 4) is 16.8 Å². The number of esters is 1. The fraction of sp³-hybridized carbons (Fsp3) is 0.424. The van der Waals surface area contributed by atoms with Gasteiger partial charge in [0.1, 0.15) is 11.9 Å². The second-order valence-electron chi connectivity index (χ2n) is 11.4. The molecule has 2 aliphatic rings. The summed E-state index contributed by atoms with van der Waals surface area (Å²) in [7, 11) is 0. The number of fused-ring (bicyclic) bond motifs is 1. The third-order valence-corrected chi connectivity index (χ3v) is 8.55. The van der Waals surface area contributed by atoms with Crippen molar-refractivity contribution in [3.63, 3.8) is 0 Å². The number of carbonyl (C=O) groups excluding carboxylic acids is 2. The molecular weight excluding hydrogens is 530 g/mol. The van der Waals surface area contributed by atoms with E-state index in [-0.39, 0.29) is 24.5 Å². The van der Waals surface area contributed by atoms with E-state index >= 15 is 0 Å². The van der Waals surface area contributed by atoms with Crippen LogP contribution in [0.2, 0.25) is 0 Å². The lowest BCUT2D eigenvalue weighted by molar-refractivity contribution is -0.124. The molecule has 3 heterocycles. The Labute approximate surface area is 245 Å². The van der Waals surface area contributed by atoms with Crippen molar-refractivity contribution < 1.29 is 19.1 Å². The molecule has 1 saturated heterocycles. The number of hydrogen-bond acceptors (Lipinski definition) is 7. The zero-order chi connectivity index (χ0) is 29.1. The first-order valence-electron chi connectivity index (χ1n) is 15.0. The summed E-state index contributed by atoms with van der Waals surface area (Å²) in [6.07, 6.45) is 10.2. The highest BCUT2D eigenvalue weighted by Gasteiger charge is 2.37. The molecule has 0 radical (unpaired) electrons. The van der Waals surface area contributed by atoms with Gasteiger partial charge in [-0.2, -0.15) is 0 Å². The van der Waals surface area contributed by atoms with Gasteiger partial charge in [-0.1, -0.05) is 25.1 Å². The maximum atomic E-state index is 14.2. The van der Waals surface area contributed by atoms with Gasteiger partial charge in [0.15, 0.2) is 5.82 Å². The van der Waals surface area contributed by atoms with Crippen LogP contribution in [0.3, 0.4) is 0 Å². The molecule has 4 aromatic rings. The first kappa shape index (κ1) is 28.0. The smallest absolute Gasteiger partial charge is 0.343 e. The molecule has 42 heavy (non-hydrogen) atoms. The lowest BCUT2D eigenvalue weighted by Crippen LogP contribution is -2.47. The lowest BCUT2D eigenvalue weighted by atomic mass is 9.82. The first-order chi connectivity index (χ1) is 20.5. The van der Waals surface area contributed by atoms with Crippen LogP contribution in [0.4, 0.5) is 5.82 Å². The van der Waals surface area contributed by atoms with E-state index in [1.165, 1.54) is 0 Å². The minimum Gasteiger partial charge on any atom is -0.462 e. The van der Waals surface area contributed by atoms with Gasteiger partial charge in [-0.05, 0) is 86.8 Å². The monoisotopic (exact) mass is 567 g/mol. The average molecular weight is 568 g/mol. The Bertz CT molecular complexity index is 1550. The normalized spacial score (nSPS) is 19.5. The molecule has 1 aliphatic carbocycles. The van der Waals surface area contributed by atoms with Crippen molar-refractivity contribution in [3.05, 3.63) is 66.7 Å². The summed E-state index contributed by atoms with van der Waals surface area (Å²) >= 11 is 0. The molecule has 9 nitrogen and oxygen atoms in total. The molecule has 1 aliphatic heterocycles. The minimum absolute atomic E-state index is 0.0558. The third-order valence-electron chi connectivity index (χ3n) is 8.55. The molecule has 0 atom stereocenters. The van der Waals surface area contributed by atoms with Crippen molar-refractivity contribution in [2.24, 2.45) is 11.8 Å². The number of rotatable bonds is 7. The minimum atomic E-state index is -0.476. The second kappa shape index (κ2) is 12.4. The Morgan fingerprint density at radius 3 is 2.48 bits per heavy atom. The van der Waals surface area contributed by atoms with Gasteiger partial charge in [0.25, 0.3) is 0 Å². The second-order valence-corrected chi connectivity index (χ2v) is 11.4. The number of ether oxygens (including phenoxy) is 2. The van der Waals surface area contributed by atoms with Gasteiger partial charge in [0, 0.05) is 43.0 Å². The van der Waals surface area contributed by atoms with Crippen LogP contribution < -0.4 is 4.90 Å². The first-order valence-corrected chi connectivity index (χ1v) is 15.0. The number of aromatic nitrogens is 4. The predicted octanol–water partition coefficient (Wildman–Crippen LogP) is 6.00. The molecule has 6 rings (SSSR count). The summed E-state index contributed by atoms with van der Waals surface area (Å²) in [4.78, 5) is 37.6. The van der Waals surface area contributed by atoms with Crippen LogP contribution in [-0.2, 0) is 14.3 Å². The van der Waals surface area contributed by atoms with Crippen LogP contribution >= 0.6 is 0 Å². The summed E-state index contributed by atoms with van der Waals surface area (Å²) in [5.41, 5.74) is 4.07. The summed E-state index contributed by atoms with van der Waals surface area (Å²) in [6.45, 7) is 5.42. The van der Waals surface area contributed by atoms with Crippen molar-refractivity contribution in [1.82, 2.24) is 19.7 Å². The van der Waals surface area contributed by atoms with Gasteiger partial charge in [0.2, 0.25) is 5.91 Å². The standard InChI is InChI=1S/C33H37N5O4/c1-3-42-33(40)29-20-37(27-11-8-23(9-12-27)25-10-13-30-26(18-25)19-34-21-35-30)36-31(29)38(28-14-16-41-17-15-28)32(39)24-6-4-22(2)5-7-24/h8-13,18-22,24,28H,3-7,14-17H2,1-2H3. The quantitative estimate of drug-likeness (QED) is 0.253. The van der Waals surface area contributed by atoms with Crippen LogP contribution in [0.25, 0.3) is 27.7 Å². The highest BCUT2D eigenvalue weighted by atomic mass is 16.5. The maximum Gasteiger partial charge on any atom is 0.343 e. The zero-order valence-electron chi connectivity index (χ0n) is 24.2. The van der Waals surface area contributed by atoms with Crippen molar-refractivity contribution in [2.45, 2.75) is 58.4 Å². The van der Waals surface area contributed by atoms with Crippen LogP contribution in [0.5, 0.6) is 0 Å². The molecule has 1 saturated carbocycles. The van der Waals surface area contributed by atoms with E-state index in [1.807, 2.05) is 42.6 Å². The summed E-state index contributed by atoms with van der Waals surface area (Å²) in [5.74, 6) is 0.514. The molecule has 9 heteroatoms. The van der Waals surface area contributed by atoms with Crippen LogP contribution in [0, 0.1) is 11.8 Å². The molecule has 2 aromatic heterocycles. The number of anilines is 1. The van der Waals surface area contributed by atoms with Crippen LogP contribution in [0.1, 0.15) is 62.7 Å². The fourth-order valence-electron chi connectivity index (χ4n) is 6.10. The highest BCUT2D eigenvalue weighted by Crippen LogP contribution is 2.35. The average Bonchev–Trinajstić information content (AvgIpc) is 3.47. The Morgan fingerprint density at radius 1 is 1.00 bits per heavy atom. The Hall–Kier alpha value is -4.11. The molecule has 0 spiro atoms. The molecule has 218 valence electrons. The number of amides is 1. The van der Waals surface area contributed by atoms with Gasteiger partial charge in [-0.15, -0.1) is 5.10 Å². The van der Waals surface area contributed by atoms with Crippen molar-refractivity contribution in [1.29, 1.82) is 0 Å². The van der Waals surface area contributed by atoms with Gasteiger partial charge < -0.3 is 9.47 Å². The molecule has 0 bridgehead atoms. The molecule has 2 aromatic carbocycles. The Balaban J connectivity index is 1.36. The van der Waals surface area contributed by atoms with E-state index in [0.717, 1.165) is 53.4 Å². The van der Waals surface area contributed by atoms with Crippen molar-refractivity contribution >= 4 is 28.6 Å². The van der Waals surface area contributed by atoms with E-state index in [0.29, 0.717) is 43.4 Å². The van der Waals surface area contributed by atoms with E-state index in [9.17, 15) is 9.59 Å². The number of hydrogen-bond donors (Lipinski definition) is 0. The highest BCUT2D eigenvalue weighted by molar-refractivity contribution is 6.02. The molecule has 0 unspecified atom stereocenters. The number of carbonyl (C=O) groups is 2. The van der Waals surface area contributed by atoms with Gasteiger partial charge in [0.05, 0.1) is 17.8 Å².